The molecule has 3 rings (SSSR count). The summed E-state index contributed by atoms with van der Waals surface area (Å²) in [4.78, 5) is 6.74. The van der Waals surface area contributed by atoms with Crippen LogP contribution in [-0.4, -0.2) is 25.1 Å². The molecule has 1 aromatic rings. The third-order valence-electron chi connectivity index (χ3n) is 4.87. The number of nitrogens with zero attached hydrogens (tertiary/aromatic N) is 2. The van der Waals surface area contributed by atoms with Gasteiger partial charge in [-0.1, -0.05) is 19.3 Å². The minimum Gasteiger partial charge on any atom is -0.356 e. The monoisotopic (exact) mass is 277 g/mol. The van der Waals surface area contributed by atoms with E-state index in [1.165, 1.54) is 38.3 Å². The fourth-order valence-corrected chi connectivity index (χ4v) is 3.87. The summed E-state index contributed by atoms with van der Waals surface area (Å²) in [5.74, 6) is 2.45. The average Bonchev–Trinajstić information content (AvgIpc) is 2.47. The van der Waals surface area contributed by atoms with E-state index in [0.29, 0.717) is 6.54 Å². The second kappa shape index (κ2) is 6.08. The Bertz CT molecular complexity index is 463. The number of aromatic nitrogens is 1. The van der Waals surface area contributed by atoms with Crippen molar-refractivity contribution in [3.8, 4) is 0 Å². The molecule has 2 unspecified atom stereocenters. The molecule has 2 aliphatic rings. The highest BCUT2D eigenvalue weighted by Gasteiger charge is 2.32. The summed E-state index contributed by atoms with van der Waals surface area (Å²) in [6.45, 7) is 2.83. The van der Waals surface area contributed by atoms with Crippen LogP contribution in [0, 0.1) is 17.7 Å². The molecular formula is C16H24FN3. The Balaban J connectivity index is 1.78. The number of halogens is 1. The van der Waals surface area contributed by atoms with Crippen molar-refractivity contribution >= 4 is 5.82 Å². The van der Waals surface area contributed by atoms with Crippen LogP contribution < -0.4 is 10.2 Å². The lowest BCUT2D eigenvalue weighted by atomic mass is 9.75. The third kappa shape index (κ3) is 2.80. The minimum absolute atomic E-state index is 0.244. The predicted molar refractivity (Wildman–Crippen MR) is 79.2 cm³/mol. The minimum atomic E-state index is -0.244. The first-order chi connectivity index (χ1) is 9.78. The number of pyridine rings is 1. The zero-order valence-corrected chi connectivity index (χ0v) is 12.2. The van der Waals surface area contributed by atoms with Gasteiger partial charge in [0.1, 0.15) is 11.6 Å². The first kappa shape index (κ1) is 13.8. The van der Waals surface area contributed by atoms with E-state index in [0.717, 1.165) is 36.3 Å². The Morgan fingerprint density at radius 2 is 2.10 bits per heavy atom. The van der Waals surface area contributed by atoms with E-state index in [1.807, 2.05) is 7.05 Å². The number of anilines is 1. The molecule has 0 spiro atoms. The van der Waals surface area contributed by atoms with Crippen molar-refractivity contribution in [2.75, 3.05) is 25.0 Å². The molecule has 3 nitrogen and oxygen atoms in total. The molecule has 0 aromatic carbocycles. The quantitative estimate of drug-likeness (QED) is 0.920. The maximum atomic E-state index is 13.4. The summed E-state index contributed by atoms with van der Waals surface area (Å²) in [5, 5.41) is 3.11. The number of hydrogen-bond acceptors (Lipinski definition) is 3. The number of rotatable bonds is 3. The Morgan fingerprint density at radius 3 is 2.90 bits per heavy atom. The van der Waals surface area contributed by atoms with E-state index in [2.05, 4.69) is 15.2 Å². The third-order valence-corrected chi connectivity index (χ3v) is 4.87. The van der Waals surface area contributed by atoms with Crippen molar-refractivity contribution < 1.29 is 4.39 Å². The van der Waals surface area contributed by atoms with Crippen LogP contribution in [0.4, 0.5) is 10.2 Å². The van der Waals surface area contributed by atoms with E-state index in [1.54, 1.807) is 6.07 Å². The predicted octanol–water partition coefficient (Wildman–Crippen LogP) is 2.96. The van der Waals surface area contributed by atoms with Crippen molar-refractivity contribution in [3.05, 3.63) is 23.6 Å². The Labute approximate surface area is 120 Å². The Hall–Kier alpha value is -1.16. The summed E-state index contributed by atoms with van der Waals surface area (Å²) in [5.41, 5.74) is 0.974. The van der Waals surface area contributed by atoms with Crippen molar-refractivity contribution in [3.63, 3.8) is 0 Å². The van der Waals surface area contributed by atoms with E-state index >= 15 is 0 Å². The average molecular weight is 277 g/mol. The molecule has 1 aliphatic heterocycles. The lowest BCUT2D eigenvalue weighted by Gasteiger charge is -2.42. The van der Waals surface area contributed by atoms with Gasteiger partial charge in [-0.15, -0.1) is 0 Å². The maximum Gasteiger partial charge on any atom is 0.141 e. The summed E-state index contributed by atoms with van der Waals surface area (Å²) in [7, 11) is 1.89. The molecule has 4 heteroatoms. The molecule has 1 aliphatic carbocycles. The van der Waals surface area contributed by atoms with Gasteiger partial charge in [-0.25, -0.2) is 9.37 Å². The van der Waals surface area contributed by atoms with E-state index in [-0.39, 0.29) is 5.82 Å². The largest absolute Gasteiger partial charge is 0.356 e. The molecule has 1 saturated heterocycles. The molecule has 0 radical (unpaired) electrons. The topological polar surface area (TPSA) is 28.2 Å². The van der Waals surface area contributed by atoms with Gasteiger partial charge in [0.2, 0.25) is 0 Å². The number of piperidine rings is 1. The fraction of sp³-hybridized carbons (Fsp3) is 0.688. The lowest BCUT2D eigenvalue weighted by molar-refractivity contribution is 0.202. The van der Waals surface area contributed by atoms with Crippen LogP contribution in [-0.2, 0) is 6.54 Å². The van der Waals surface area contributed by atoms with Crippen LogP contribution in [0.3, 0.4) is 0 Å². The summed E-state index contributed by atoms with van der Waals surface area (Å²) < 4.78 is 13.4. The van der Waals surface area contributed by atoms with Crippen LogP contribution in [0.1, 0.15) is 37.7 Å². The van der Waals surface area contributed by atoms with Gasteiger partial charge < -0.3 is 10.2 Å². The molecule has 1 aromatic heterocycles. The summed E-state index contributed by atoms with van der Waals surface area (Å²) >= 11 is 0. The molecule has 1 saturated carbocycles. The van der Waals surface area contributed by atoms with Gasteiger partial charge in [0.15, 0.2) is 0 Å². The smallest absolute Gasteiger partial charge is 0.141 e. The molecule has 20 heavy (non-hydrogen) atoms. The van der Waals surface area contributed by atoms with Crippen molar-refractivity contribution in [2.45, 2.75) is 38.6 Å². The van der Waals surface area contributed by atoms with E-state index in [4.69, 9.17) is 0 Å². The van der Waals surface area contributed by atoms with Crippen LogP contribution in [0.5, 0.6) is 0 Å². The van der Waals surface area contributed by atoms with Crippen molar-refractivity contribution in [1.29, 1.82) is 0 Å². The number of fused-ring (bicyclic) bond motifs is 1. The molecule has 110 valence electrons. The number of hydrogen-bond donors (Lipinski definition) is 1. The highest BCUT2D eigenvalue weighted by molar-refractivity contribution is 5.47. The zero-order chi connectivity index (χ0) is 13.9. The SMILES string of the molecule is CNCc1cc(F)cnc1N1CCC2CCCCC2C1. The lowest BCUT2D eigenvalue weighted by Crippen LogP contribution is -2.42. The summed E-state index contributed by atoms with van der Waals surface area (Å²) in [6, 6.07) is 1.62. The van der Waals surface area contributed by atoms with Gasteiger partial charge in [0.25, 0.3) is 0 Å². The van der Waals surface area contributed by atoms with Crippen LogP contribution in [0.15, 0.2) is 12.3 Å². The van der Waals surface area contributed by atoms with Crippen LogP contribution in [0.25, 0.3) is 0 Å². The Kier molecular flexibility index (Phi) is 4.20. The first-order valence-electron chi connectivity index (χ1n) is 7.82. The Morgan fingerprint density at radius 1 is 1.30 bits per heavy atom. The fourth-order valence-electron chi connectivity index (χ4n) is 3.87. The normalized spacial score (nSPS) is 26.4. The van der Waals surface area contributed by atoms with Gasteiger partial charge in [0, 0.05) is 25.2 Å². The molecule has 2 atom stereocenters. The van der Waals surface area contributed by atoms with Gasteiger partial charge >= 0.3 is 0 Å². The molecule has 2 fully saturated rings. The highest BCUT2D eigenvalue weighted by atomic mass is 19.1. The van der Waals surface area contributed by atoms with E-state index < -0.39 is 0 Å². The first-order valence-corrected chi connectivity index (χ1v) is 7.82. The molecular weight excluding hydrogens is 253 g/mol. The summed E-state index contributed by atoms with van der Waals surface area (Å²) in [6.07, 6.45) is 8.14. The number of nitrogens with one attached hydrogen (secondary N) is 1. The molecule has 0 amide bonds. The molecule has 1 N–H and O–H groups in total. The van der Waals surface area contributed by atoms with Gasteiger partial charge in [-0.2, -0.15) is 0 Å². The zero-order valence-electron chi connectivity index (χ0n) is 12.2. The van der Waals surface area contributed by atoms with Crippen molar-refractivity contribution in [1.82, 2.24) is 10.3 Å². The van der Waals surface area contributed by atoms with Crippen LogP contribution >= 0.6 is 0 Å². The van der Waals surface area contributed by atoms with Crippen LogP contribution in [0.2, 0.25) is 0 Å². The second-order valence-electron chi connectivity index (χ2n) is 6.21. The van der Waals surface area contributed by atoms with Gasteiger partial charge in [-0.05, 0) is 37.8 Å². The second-order valence-corrected chi connectivity index (χ2v) is 6.21. The highest BCUT2D eigenvalue weighted by Crippen LogP contribution is 2.37. The molecule has 0 bridgehead atoms. The van der Waals surface area contributed by atoms with Gasteiger partial charge in [0.05, 0.1) is 6.20 Å². The van der Waals surface area contributed by atoms with Crippen molar-refractivity contribution in [2.24, 2.45) is 11.8 Å². The van der Waals surface area contributed by atoms with E-state index in [9.17, 15) is 4.39 Å². The molecule has 2 heterocycles. The standard InChI is InChI=1S/C16H24FN3/c1-18-9-14-8-15(17)10-19-16(14)20-7-6-12-4-2-3-5-13(12)11-20/h8,10,12-13,18H,2-7,9,11H2,1H3. The maximum absolute atomic E-state index is 13.4. The van der Waals surface area contributed by atoms with Gasteiger partial charge in [-0.3, -0.25) is 0 Å².